The second kappa shape index (κ2) is 9.54. The van der Waals surface area contributed by atoms with Gasteiger partial charge in [-0.2, -0.15) is 10.4 Å². The van der Waals surface area contributed by atoms with Crippen LogP contribution in [0.4, 0.5) is 5.69 Å². The number of nitriles is 1. The molecular weight excluding hydrogens is 520 g/mol. The fourth-order valence-electron chi connectivity index (χ4n) is 6.29. The summed E-state index contributed by atoms with van der Waals surface area (Å²) in [6.45, 7) is 6.61. The maximum atomic E-state index is 13.4. The number of carbonyl (C=O) groups is 4. The molecule has 41 heavy (non-hydrogen) atoms. The maximum Gasteiger partial charge on any atom is 0.259 e. The van der Waals surface area contributed by atoms with Crippen molar-refractivity contribution in [2.24, 2.45) is 5.41 Å². The number of nitrogens with zero attached hydrogens (tertiary/aromatic N) is 5. The van der Waals surface area contributed by atoms with Gasteiger partial charge in [-0.3, -0.25) is 34.1 Å². The third kappa shape index (κ3) is 4.36. The number of nitrogens with one attached hydrogen (secondary N) is 1. The molecule has 210 valence electrons. The minimum atomic E-state index is -1.03. The first-order valence-electron chi connectivity index (χ1n) is 14.0. The zero-order chi connectivity index (χ0) is 29.1. The average molecular weight is 553 g/mol. The largest absolute Gasteiger partial charge is 0.341 e. The number of aromatic nitrogens is 2. The molecule has 4 amide bonds. The van der Waals surface area contributed by atoms with Crippen molar-refractivity contribution in [3.8, 4) is 6.07 Å². The van der Waals surface area contributed by atoms with Crippen LogP contribution in [0.5, 0.6) is 0 Å². The Bertz CT molecular complexity index is 1660. The van der Waals surface area contributed by atoms with Crippen LogP contribution >= 0.6 is 0 Å². The van der Waals surface area contributed by atoms with E-state index in [-0.39, 0.29) is 29.7 Å². The van der Waals surface area contributed by atoms with Gasteiger partial charge in [0.2, 0.25) is 17.7 Å². The van der Waals surface area contributed by atoms with Crippen molar-refractivity contribution in [3.05, 3.63) is 59.4 Å². The van der Waals surface area contributed by atoms with Crippen molar-refractivity contribution in [2.75, 3.05) is 18.0 Å². The predicted molar refractivity (Wildman–Crippen MR) is 151 cm³/mol. The summed E-state index contributed by atoms with van der Waals surface area (Å²) >= 11 is 0. The highest BCUT2D eigenvalue weighted by molar-refractivity contribution is 6.27. The van der Waals surface area contributed by atoms with Crippen LogP contribution < -0.4 is 10.2 Å². The van der Waals surface area contributed by atoms with Gasteiger partial charge in [0.15, 0.2) is 0 Å². The number of amides is 4. The Hall–Kier alpha value is -4.52. The van der Waals surface area contributed by atoms with E-state index in [9.17, 15) is 24.4 Å². The molecule has 10 heteroatoms. The Morgan fingerprint density at radius 1 is 1.17 bits per heavy atom. The van der Waals surface area contributed by atoms with Gasteiger partial charge in [-0.1, -0.05) is 18.2 Å². The lowest BCUT2D eigenvalue weighted by Crippen LogP contribution is -2.53. The van der Waals surface area contributed by atoms with Gasteiger partial charge < -0.3 is 4.90 Å². The first-order chi connectivity index (χ1) is 19.5. The van der Waals surface area contributed by atoms with E-state index >= 15 is 0 Å². The lowest BCUT2D eigenvalue weighted by Gasteiger charge is -2.41. The SMILES string of the molecule is CC(C)(C#N)C(=O)N1CCC(C)(n2cc(Cc3ccc4c5c(cccc35)C(=O)N4C3CCC(=O)NC3=O)cn2)CC1. The highest BCUT2D eigenvalue weighted by Crippen LogP contribution is 2.41. The van der Waals surface area contributed by atoms with Crippen molar-refractivity contribution in [2.45, 2.75) is 64.5 Å². The first kappa shape index (κ1) is 26.7. The fraction of sp³-hybridized carbons (Fsp3) is 0.419. The van der Waals surface area contributed by atoms with E-state index in [1.807, 2.05) is 35.1 Å². The van der Waals surface area contributed by atoms with Crippen LogP contribution in [0.15, 0.2) is 42.7 Å². The molecule has 1 atom stereocenters. The summed E-state index contributed by atoms with van der Waals surface area (Å²) in [7, 11) is 0. The molecule has 3 aliphatic rings. The number of benzene rings is 2. The predicted octanol–water partition coefficient (Wildman–Crippen LogP) is 3.28. The molecule has 4 heterocycles. The molecule has 0 radical (unpaired) electrons. The number of piperidine rings is 2. The van der Waals surface area contributed by atoms with E-state index < -0.39 is 17.4 Å². The topological polar surface area (TPSA) is 128 Å². The Balaban J connectivity index is 1.23. The first-order valence-corrected chi connectivity index (χ1v) is 14.0. The van der Waals surface area contributed by atoms with Gasteiger partial charge >= 0.3 is 0 Å². The number of imide groups is 1. The molecule has 1 aromatic heterocycles. The van der Waals surface area contributed by atoms with Crippen molar-refractivity contribution in [3.63, 3.8) is 0 Å². The highest BCUT2D eigenvalue weighted by atomic mass is 16.2. The zero-order valence-electron chi connectivity index (χ0n) is 23.4. The van der Waals surface area contributed by atoms with Gasteiger partial charge in [-0.15, -0.1) is 0 Å². The van der Waals surface area contributed by atoms with Crippen molar-refractivity contribution < 1.29 is 19.2 Å². The second-order valence-corrected chi connectivity index (χ2v) is 12.1. The highest BCUT2D eigenvalue weighted by Gasteiger charge is 2.41. The number of hydrogen-bond acceptors (Lipinski definition) is 6. The minimum Gasteiger partial charge on any atom is -0.341 e. The van der Waals surface area contributed by atoms with Crippen LogP contribution in [0, 0.1) is 16.7 Å². The summed E-state index contributed by atoms with van der Waals surface area (Å²) in [4.78, 5) is 53.8. The van der Waals surface area contributed by atoms with Crippen LogP contribution in [-0.2, 0) is 26.3 Å². The van der Waals surface area contributed by atoms with Crippen LogP contribution in [0.3, 0.4) is 0 Å². The fourth-order valence-corrected chi connectivity index (χ4v) is 6.29. The van der Waals surface area contributed by atoms with Gasteiger partial charge in [-0.25, -0.2) is 0 Å². The van der Waals surface area contributed by atoms with Crippen LogP contribution in [0.1, 0.15) is 67.9 Å². The molecule has 3 aliphatic heterocycles. The molecule has 0 saturated carbocycles. The molecule has 1 N–H and O–H groups in total. The molecule has 1 unspecified atom stereocenters. The van der Waals surface area contributed by atoms with Gasteiger partial charge in [0.05, 0.1) is 23.5 Å². The number of rotatable bonds is 5. The zero-order valence-corrected chi connectivity index (χ0v) is 23.4. The number of hydrogen-bond donors (Lipinski definition) is 1. The monoisotopic (exact) mass is 552 g/mol. The molecule has 0 bridgehead atoms. The Labute approximate surface area is 237 Å². The Kier molecular flexibility index (Phi) is 6.21. The maximum absolute atomic E-state index is 13.4. The third-order valence-electron chi connectivity index (χ3n) is 8.87. The summed E-state index contributed by atoms with van der Waals surface area (Å²) < 4.78 is 1.99. The van der Waals surface area contributed by atoms with E-state index in [0.717, 1.165) is 34.7 Å². The third-order valence-corrected chi connectivity index (χ3v) is 8.87. The minimum absolute atomic E-state index is 0.134. The summed E-state index contributed by atoms with van der Waals surface area (Å²) in [5, 5.41) is 18.2. The smallest absolute Gasteiger partial charge is 0.259 e. The van der Waals surface area contributed by atoms with Gasteiger partial charge in [0, 0.05) is 43.1 Å². The van der Waals surface area contributed by atoms with Crippen molar-refractivity contribution >= 4 is 40.1 Å². The van der Waals surface area contributed by atoms with Crippen molar-refractivity contribution in [1.82, 2.24) is 20.0 Å². The van der Waals surface area contributed by atoms with E-state index in [1.54, 1.807) is 24.8 Å². The lowest BCUT2D eigenvalue weighted by molar-refractivity contribution is -0.139. The summed E-state index contributed by atoms with van der Waals surface area (Å²) in [6, 6.07) is 10.9. The molecular formula is C31H32N6O4. The second-order valence-electron chi connectivity index (χ2n) is 12.1. The molecule has 0 aliphatic carbocycles. The standard InChI is InChI=1S/C31H32N6O4/c1-30(2,18-32)29(41)35-13-11-31(3,12-14-35)36-17-19(16-33-36)15-20-7-8-23-26-21(20)5-4-6-22(26)28(40)37(23)24-9-10-25(38)34-27(24)39/h4-8,16-17,24H,9-15H2,1-3H3,(H,34,38,39). The average Bonchev–Trinajstić information content (AvgIpc) is 3.54. The van der Waals surface area contributed by atoms with Crippen LogP contribution in [0.2, 0.25) is 0 Å². The quantitative estimate of drug-likeness (QED) is 0.484. The van der Waals surface area contributed by atoms with Crippen LogP contribution in [0.25, 0.3) is 10.8 Å². The lowest BCUT2D eigenvalue weighted by atomic mass is 9.87. The molecule has 2 aromatic carbocycles. The summed E-state index contributed by atoms with van der Waals surface area (Å²) in [5.74, 6) is -1.11. The van der Waals surface area contributed by atoms with E-state index in [0.29, 0.717) is 37.2 Å². The van der Waals surface area contributed by atoms with E-state index in [4.69, 9.17) is 5.10 Å². The van der Waals surface area contributed by atoms with E-state index in [1.165, 1.54) is 4.90 Å². The summed E-state index contributed by atoms with van der Waals surface area (Å²) in [5.41, 5.74) is 2.06. The molecule has 3 aromatic rings. The number of likely N-dealkylation sites (tertiary alicyclic amines) is 1. The van der Waals surface area contributed by atoms with E-state index in [2.05, 4.69) is 24.5 Å². The summed E-state index contributed by atoms with van der Waals surface area (Å²) in [6.07, 6.45) is 6.51. The number of anilines is 1. The molecule has 2 fully saturated rings. The van der Waals surface area contributed by atoms with Crippen LogP contribution in [-0.4, -0.2) is 57.4 Å². The van der Waals surface area contributed by atoms with Gasteiger partial charge in [0.25, 0.3) is 5.91 Å². The molecule has 10 nitrogen and oxygen atoms in total. The number of carbonyl (C=O) groups excluding carboxylic acids is 4. The molecule has 2 saturated heterocycles. The van der Waals surface area contributed by atoms with Gasteiger partial charge in [0.1, 0.15) is 11.5 Å². The van der Waals surface area contributed by atoms with Crippen molar-refractivity contribution in [1.29, 1.82) is 5.26 Å². The molecule has 6 rings (SSSR count). The van der Waals surface area contributed by atoms with Gasteiger partial charge in [-0.05, 0) is 68.7 Å². The normalized spacial score (nSPS) is 20.3. The Morgan fingerprint density at radius 2 is 1.93 bits per heavy atom. The Morgan fingerprint density at radius 3 is 2.63 bits per heavy atom. The molecule has 0 spiro atoms.